The van der Waals surface area contributed by atoms with Crippen molar-refractivity contribution >= 4 is 15.9 Å². The van der Waals surface area contributed by atoms with Crippen LogP contribution in [0.1, 0.15) is 11.4 Å². The molecule has 0 atom stereocenters. The van der Waals surface area contributed by atoms with E-state index in [0.29, 0.717) is 0 Å². The summed E-state index contributed by atoms with van der Waals surface area (Å²) < 4.78 is 1.09. The number of nitrogens with zero attached hydrogens (tertiary/aromatic N) is 1. The van der Waals surface area contributed by atoms with E-state index in [1.165, 1.54) is 17.8 Å². The van der Waals surface area contributed by atoms with Gasteiger partial charge < -0.3 is 4.98 Å². The quantitative estimate of drug-likeness (QED) is 0.937. The maximum absolute atomic E-state index is 11.1. The number of aromatic amines is 1. The number of benzene rings is 1. The molecular formula is C12H11BrN2O. The van der Waals surface area contributed by atoms with Crippen molar-refractivity contribution in [2.24, 2.45) is 0 Å². The molecule has 82 valence electrons. The number of hydrogen-bond donors (Lipinski definition) is 1. The van der Waals surface area contributed by atoms with E-state index in [9.17, 15) is 4.79 Å². The highest BCUT2D eigenvalue weighted by atomic mass is 79.9. The number of hydrogen-bond acceptors (Lipinski definition) is 2. The number of aryl methyl sites for hydroxylation is 2. The number of aromatic nitrogens is 2. The fraction of sp³-hybridized carbons (Fsp3) is 0.167. The molecule has 16 heavy (non-hydrogen) atoms. The lowest BCUT2D eigenvalue weighted by Crippen LogP contribution is -2.09. The molecule has 2 aromatic rings. The monoisotopic (exact) mass is 278 g/mol. The van der Waals surface area contributed by atoms with Gasteiger partial charge in [-0.3, -0.25) is 4.79 Å². The first-order valence-corrected chi connectivity index (χ1v) is 5.82. The lowest BCUT2D eigenvalue weighted by Gasteiger charge is -2.03. The summed E-state index contributed by atoms with van der Waals surface area (Å²) >= 11 is 3.49. The van der Waals surface area contributed by atoms with Gasteiger partial charge in [0.25, 0.3) is 5.56 Å². The van der Waals surface area contributed by atoms with E-state index in [2.05, 4.69) is 32.0 Å². The predicted molar refractivity (Wildman–Crippen MR) is 66.4 cm³/mol. The molecule has 0 bridgehead atoms. The van der Waals surface area contributed by atoms with Crippen LogP contribution in [0, 0.1) is 0 Å². The molecule has 4 heteroatoms. The Morgan fingerprint density at radius 1 is 1.19 bits per heavy atom. The fourth-order valence-electron chi connectivity index (χ4n) is 1.49. The molecule has 1 aromatic heterocycles. The van der Waals surface area contributed by atoms with Crippen molar-refractivity contribution in [3.05, 3.63) is 62.7 Å². The Bertz CT molecular complexity index is 536. The molecule has 0 amide bonds. The smallest absolute Gasteiger partial charge is 0.250 e. The van der Waals surface area contributed by atoms with Gasteiger partial charge in [-0.25, -0.2) is 4.98 Å². The highest BCUT2D eigenvalue weighted by Gasteiger charge is 2.00. The van der Waals surface area contributed by atoms with Gasteiger partial charge >= 0.3 is 0 Å². The van der Waals surface area contributed by atoms with Gasteiger partial charge in [0.1, 0.15) is 5.82 Å². The van der Waals surface area contributed by atoms with Crippen LogP contribution in [0.3, 0.4) is 0 Å². The maximum Gasteiger partial charge on any atom is 0.250 e. The zero-order valence-corrected chi connectivity index (χ0v) is 10.2. The number of halogens is 1. The van der Waals surface area contributed by atoms with Crippen molar-refractivity contribution in [3.8, 4) is 0 Å². The van der Waals surface area contributed by atoms with E-state index in [0.717, 1.165) is 23.1 Å². The molecule has 0 aliphatic carbocycles. The molecule has 2 rings (SSSR count). The Kier molecular flexibility index (Phi) is 3.51. The van der Waals surface area contributed by atoms with Crippen LogP contribution in [0.2, 0.25) is 0 Å². The summed E-state index contributed by atoms with van der Waals surface area (Å²) in [5.74, 6) is 0.725. The van der Waals surface area contributed by atoms with E-state index in [1.54, 1.807) is 0 Å². The van der Waals surface area contributed by atoms with Crippen molar-refractivity contribution in [2.45, 2.75) is 12.8 Å². The minimum Gasteiger partial charge on any atom is -0.311 e. The zero-order chi connectivity index (χ0) is 11.4. The number of rotatable bonds is 3. The van der Waals surface area contributed by atoms with E-state index in [4.69, 9.17) is 0 Å². The Morgan fingerprint density at radius 3 is 2.75 bits per heavy atom. The zero-order valence-electron chi connectivity index (χ0n) is 8.61. The van der Waals surface area contributed by atoms with Crippen LogP contribution in [0.25, 0.3) is 0 Å². The minimum absolute atomic E-state index is 0.0999. The summed E-state index contributed by atoms with van der Waals surface area (Å²) in [6.45, 7) is 0. The molecule has 0 unspecified atom stereocenters. The van der Waals surface area contributed by atoms with Gasteiger partial charge in [0.05, 0.1) is 0 Å². The van der Waals surface area contributed by atoms with Crippen LogP contribution in [-0.4, -0.2) is 9.97 Å². The topological polar surface area (TPSA) is 45.8 Å². The lowest BCUT2D eigenvalue weighted by molar-refractivity contribution is 0.845. The second-order valence-corrected chi connectivity index (χ2v) is 4.33. The van der Waals surface area contributed by atoms with Crippen LogP contribution < -0.4 is 5.56 Å². The largest absolute Gasteiger partial charge is 0.311 e. The summed E-state index contributed by atoms with van der Waals surface area (Å²) in [4.78, 5) is 17.9. The van der Waals surface area contributed by atoms with Crippen LogP contribution in [-0.2, 0) is 12.8 Å². The first-order valence-electron chi connectivity index (χ1n) is 5.03. The van der Waals surface area contributed by atoms with Gasteiger partial charge in [0, 0.05) is 23.2 Å². The predicted octanol–water partition coefficient (Wildman–Crippen LogP) is 2.32. The van der Waals surface area contributed by atoms with E-state index >= 15 is 0 Å². The first kappa shape index (κ1) is 11.1. The van der Waals surface area contributed by atoms with Gasteiger partial charge in [0.15, 0.2) is 0 Å². The Morgan fingerprint density at radius 2 is 2.00 bits per heavy atom. The SMILES string of the molecule is O=c1ccnc(CCc2ccccc2Br)[nH]1. The molecule has 1 heterocycles. The van der Waals surface area contributed by atoms with Crippen LogP contribution in [0.4, 0.5) is 0 Å². The van der Waals surface area contributed by atoms with Crippen molar-refractivity contribution in [2.75, 3.05) is 0 Å². The molecule has 0 radical (unpaired) electrons. The average molecular weight is 279 g/mol. The number of H-pyrrole nitrogens is 1. The summed E-state index contributed by atoms with van der Waals surface area (Å²) in [6.07, 6.45) is 3.13. The molecule has 0 aliphatic heterocycles. The third-order valence-corrected chi connectivity index (χ3v) is 3.09. The maximum atomic E-state index is 11.1. The Balaban J connectivity index is 2.08. The summed E-state index contributed by atoms with van der Waals surface area (Å²) in [6, 6.07) is 9.47. The summed E-state index contributed by atoms with van der Waals surface area (Å²) in [5, 5.41) is 0. The second-order valence-electron chi connectivity index (χ2n) is 3.47. The van der Waals surface area contributed by atoms with E-state index in [-0.39, 0.29) is 5.56 Å². The van der Waals surface area contributed by atoms with Crippen molar-refractivity contribution in [3.63, 3.8) is 0 Å². The third kappa shape index (κ3) is 2.79. The van der Waals surface area contributed by atoms with Crippen LogP contribution in [0.5, 0.6) is 0 Å². The minimum atomic E-state index is -0.0999. The van der Waals surface area contributed by atoms with Gasteiger partial charge in [-0.2, -0.15) is 0 Å². The molecule has 1 aromatic carbocycles. The van der Waals surface area contributed by atoms with Crippen molar-refractivity contribution in [1.82, 2.24) is 9.97 Å². The van der Waals surface area contributed by atoms with Crippen molar-refractivity contribution < 1.29 is 0 Å². The summed E-state index contributed by atoms with van der Waals surface area (Å²) in [7, 11) is 0. The lowest BCUT2D eigenvalue weighted by atomic mass is 10.1. The molecular weight excluding hydrogens is 268 g/mol. The summed E-state index contributed by atoms with van der Waals surface area (Å²) in [5.41, 5.74) is 1.12. The highest BCUT2D eigenvalue weighted by molar-refractivity contribution is 9.10. The molecule has 0 fully saturated rings. The van der Waals surface area contributed by atoms with E-state index < -0.39 is 0 Å². The first-order chi connectivity index (χ1) is 7.75. The van der Waals surface area contributed by atoms with Crippen LogP contribution >= 0.6 is 15.9 Å². The molecule has 0 spiro atoms. The van der Waals surface area contributed by atoms with Gasteiger partial charge in [-0.05, 0) is 18.1 Å². The molecule has 1 N–H and O–H groups in total. The van der Waals surface area contributed by atoms with Gasteiger partial charge in [0.2, 0.25) is 0 Å². The molecule has 3 nitrogen and oxygen atoms in total. The molecule has 0 saturated carbocycles. The van der Waals surface area contributed by atoms with Crippen molar-refractivity contribution in [1.29, 1.82) is 0 Å². The van der Waals surface area contributed by atoms with E-state index in [1.807, 2.05) is 18.2 Å². The Hall–Kier alpha value is -1.42. The average Bonchev–Trinajstić information content (AvgIpc) is 2.28. The third-order valence-electron chi connectivity index (χ3n) is 2.31. The van der Waals surface area contributed by atoms with Crippen LogP contribution in [0.15, 0.2) is 45.8 Å². The van der Waals surface area contributed by atoms with Gasteiger partial charge in [-0.1, -0.05) is 34.1 Å². The fourth-order valence-corrected chi connectivity index (χ4v) is 1.98. The molecule has 0 aliphatic rings. The normalized spacial score (nSPS) is 10.3. The standard InChI is InChI=1S/C12H11BrN2O/c13-10-4-2-1-3-9(10)5-6-11-14-8-7-12(16)15-11/h1-4,7-8H,5-6H2,(H,14,15,16). The van der Waals surface area contributed by atoms with Gasteiger partial charge in [-0.15, -0.1) is 0 Å². The second kappa shape index (κ2) is 5.07. The highest BCUT2D eigenvalue weighted by Crippen LogP contribution is 2.16. The molecule has 0 saturated heterocycles. The number of nitrogens with one attached hydrogen (secondary N) is 1. The Labute approximate surface area is 102 Å².